The second-order valence-electron chi connectivity index (χ2n) is 2.81. The van der Waals surface area contributed by atoms with Gasteiger partial charge in [0.2, 0.25) is 5.88 Å². The maximum absolute atomic E-state index is 5.30. The molecule has 1 aliphatic rings. The average molecular weight is 152 g/mol. The molecule has 0 aromatic carbocycles. The molecule has 3 heteroatoms. The maximum atomic E-state index is 5.30. The van der Waals surface area contributed by atoms with Gasteiger partial charge in [0.25, 0.3) is 0 Å². The Hall–Kier alpha value is -1.12. The number of hydrogen-bond donors (Lipinski definition) is 0. The molecule has 1 aromatic rings. The Morgan fingerprint density at radius 1 is 1.64 bits per heavy atom. The van der Waals surface area contributed by atoms with E-state index in [1.165, 1.54) is 5.69 Å². The van der Waals surface area contributed by atoms with Gasteiger partial charge in [0.05, 0.1) is 12.9 Å². The Morgan fingerprint density at radius 3 is 3.18 bits per heavy atom. The zero-order valence-corrected chi connectivity index (χ0v) is 6.87. The highest BCUT2D eigenvalue weighted by Crippen LogP contribution is 2.35. The number of anilines is 2. The smallest absolute Gasteiger partial charge is 0.220 e. The fourth-order valence-electron chi connectivity index (χ4n) is 1.49. The van der Waals surface area contributed by atoms with Crippen LogP contribution in [0, 0.1) is 0 Å². The summed E-state index contributed by atoms with van der Waals surface area (Å²) in [6.45, 7) is 4.14. The molecule has 0 N–H and O–H groups in total. The zero-order chi connectivity index (χ0) is 7.84. The SMILES string of the molecule is CCN1CN(C)c2occc21. The molecule has 0 radical (unpaired) electrons. The Kier molecular flexibility index (Phi) is 1.31. The monoisotopic (exact) mass is 152 g/mol. The summed E-state index contributed by atoms with van der Waals surface area (Å²) in [5.74, 6) is 0.992. The van der Waals surface area contributed by atoms with Gasteiger partial charge in [0.1, 0.15) is 5.69 Å². The standard InChI is InChI=1S/C8H12N2O/c1-3-10-6-9(2)8-7(10)4-5-11-8/h4-5H,3,6H2,1-2H3. The topological polar surface area (TPSA) is 19.6 Å². The highest BCUT2D eigenvalue weighted by molar-refractivity contribution is 5.70. The maximum Gasteiger partial charge on any atom is 0.220 e. The first-order chi connectivity index (χ1) is 5.33. The van der Waals surface area contributed by atoms with Gasteiger partial charge in [-0.1, -0.05) is 0 Å². The van der Waals surface area contributed by atoms with E-state index in [1.807, 2.05) is 13.1 Å². The molecule has 0 saturated heterocycles. The van der Waals surface area contributed by atoms with Crippen LogP contribution in [0.2, 0.25) is 0 Å². The summed E-state index contributed by atoms with van der Waals surface area (Å²) in [5.41, 5.74) is 1.22. The predicted octanol–water partition coefficient (Wildman–Crippen LogP) is 1.51. The van der Waals surface area contributed by atoms with Crippen molar-refractivity contribution in [2.24, 2.45) is 0 Å². The number of rotatable bonds is 1. The summed E-state index contributed by atoms with van der Waals surface area (Å²) in [6, 6.07) is 2.02. The lowest BCUT2D eigenvalue weighted by Crippen LogP contribution is -2.27. The lowest BCUT2D eigenvalue weighted by Gasteiger charge is -2.15. The number of hydrogen-bond acceptors (Lipinski definition) is 3. The highest BCUT2D eigenvalue weighted by Gasteiger charge is 2.24. The molecule has 2 heterocycles. The molecular formula is C8H12N2O. The van der Waals surface area contributed by atoms with Gasteiger partial charge in [0.15, 0.2) is 0 Å². The van der Waals surface area contributed by atoms with Gasteiger partial charge >= 0.3 is 0 Å². The third-order valence-electron chi connectivity index (χ3n) is 2.08. The molecule has 0 bridgehead atoms. The lowest BCUT2D eigenvalue weighted by molar-refractivity contribution is 0.564. The van der Waals surface area contributed by atoms with Crippen LogP contribution >= 0.6 is 0 Å². The Labute approximate surface area is 66.2 Å². The van der Waals surface area contributed by atoms with Crippen molar-refractivity contribution in [2.45, 2.75) is 6.92 Å². The normalized spacial score (nSPS) is 15.8. The first-order valence-corrected chi connectivity index (χ1v) is 3.86. The van der Waals surface area contributed by atoms with Gasteiger partial charge in [-0.2, -0.15) is 0 Å². The summed E-state index contributed by atoms with van der Waals surface area (Å²) in [7, 11) is 2.04. The zero-order valence-electron chi connectivity index (χ0n) is 6.87. The highest BCUT2D eigenvalue weighted by atomic mass is 16.3. The van der Waals surface area contributed by atoms with E-state index >= 15 is 0 Å². The van der Waals surface area contributed by atoms with Crippen molar-refractivity contribution in [1.29, 1.82) is 0 Å². The van der Waals surface area contributed by atoms with Crippen LogP contribution in [-0.4, -0.2) is 20.3 Å². The lowest BCUT2D eigenvalue weighted by atomic mass is 10.4. The third-order valence-corrected chi connectivity index (χ3v) is 2.08. The molecule has 0 unspecified atom stereocenters. The fourth-order valence-corrected chi connectivity index (χ4v) is 1.49. The van der Waals surface area contributed by atoms with Crippen molar-refractivity contribution in [3.8, 4) is 0 Å². The molecule has 2 rings (SSSR count). The minimum atomic E-state index is 0.950. The second-order valence-corrected chi connectivity index (χ2v) is 2.81. The fraction of sp³-hybridized carbons (Fsp3) is 0.500. The Morgan fingerprint density at radius 2 is 2.45 bits per heavy atom. The first kappa shape index (κ1) is 6.58. The van der Waals surface area contributed by atoms with Crippen molar-refractivity contribution < 1.29 is 4.42 Å². The van der Waals surface area contributed by atoms with E-state index in [4.69, 9.17) is 4.42 Å². The van der Waals surface area contributed by atoms with Gasteiger partial charge in [-0.3, -0.25) is 0 Å². The van der Waals surface area contributed by atoms with E-state index in [9.17, 15) is 0 Å². The van der Waals surface area contributed by atoms with Gasteiger partial charge in [-0.05, 0) is 6.92 Å². The van der Waals surface area contributed by atoms with Gasteiger partial charge in [-0.15, -0.1) is 0 Å². The first-order valence-electron chi connectivity index (χ1n) is 3.86. The summed E-state index contributed by atoms with van der Waals surface area (Å²) < 4.78 is 5.30. The van der Waals surface area contributed by atoms with E-state index in [0.717, 1.165) is 19.1 Å². The molecule has 0 amide bonds. The van der Waals surface area contributed by atoms with E-state index < -0.39 is 0 Å². The minimum absolute atomic E-state index is 0.950. The van der Waals surface area contributed by atoms with Crippen molar-refractivity contribution in [2.75, 3.05) is 30.1 Å². The second kappa shape index (κ2) is 2.19. The molecule has 0 saturated carbocycles. The van der Waals surface area contributed by atoms with E-state index in [1.54, 1.807) is 6.26 Å². The van der Waals surface area contributed by atoms with Crippen LogP contribution in [0.15, 0.2) is 16.7 Å². The van der Waals surface area contributed by atoms with Crippen LogP contribution in [0.3, 0.4) is 0 Å². The minimum Gasteiger partial charge on any atom is -0.447 e. The predicted molar refractivity (Wildman–Crippen MR) is 45.0 cm³/mol. The largest absolute Gasteiger partial charge is 0.447 e. The van der Waals surface area contributed by atoms with Crippen molar-refractivity contribution in [3.63, 3.8) is 0 Å². The van der Waals surface area contributed by atoms with Crippen molar-refractivity contribution in [3.05, 3.63) is 12.3 Å². The Bertz CT molecular complexity index is 256. The summed E-state index contributed by atoms with van der Waals surface area (Å²) in [6.07, 6.45) is 1.74. The molecule has 3 nitrogen and oxygen atoms in total. The van der Waals surface area contributed by atoms with Gasteiger partial charge in [-0.25, -0.2) is 0 Å². The van der Waals surface area contributed by atoms with Crippen LogP contribution in [0.1, 0.15) is 6.92 Å². The number of fused-ring (bicyclic) bond motifs is 1. The molecule has 1 aliphatic heterocycles. The van der Waals surface area contributed by atoms with E-state index in [2.05, 4.69) is 16.7 Å². The molecule has 1 aromatic heterocycles. The van der Waals surface area contributed by atoms with Crippen molar-refractivity contribution in [1.82, 2.24) is 0 Å². The molecule has 60 valence electrons. The van der Waals surface area contributed by atoms with Crippen molar-refractivity contribution >= 4 is 11.6 Å². The molecule has 0 fully saturated rings. The van der Waals surface area contributed by atoms with Crippen LogP contribution in [-0.2, 0) is 0 Å². The molecular weight excluding hydrogens is 140 g/mol. The van der Waals surface area contributed by atoms with E-state index in [-0.39, 0.29) is 0 Å². The molecule has 11 heavy (non-hydrogen) atoms. The quantitative estimate of drug-likeness (QED) is 0.608. The molecule has 0 spiro atoms. The van der Waals surface area contributed by atoms with Crippen LogP contribution in [0.5, 0.6) is 0 Å². The summed E-state index contributed by atoms with van der Waals surface area (Å²) in [5, 5.41) is 0. The van der Waals surface area contributed by atoms with Gasteiger partial charge in [0, 0.05) is 19.7 Å². The van der Waals surface area contributed by atoms with Gasteiger partial charge < -0.3 is 14.2 Å². The van der Waals surface area contributed by atoms with Crippen LogP contribution < -0.4 is 9.80 Å². The summed E-state index contributed by atoms with van der Waals surface area (Å²) in [4.78, 5) is 4.39. The molecule has 0 aliphatic carbocycles. The summed E-state index contributed by atoms with van der Waals surface area (Å²) >= 11 is 0. The number of furan rings is 1. The van der Waals surface area contributed by atoms with Crippen LogP contribution in [0.4, 0.5) is 11.6 Å². The molecule has 0 atom stereocenters. The average Bonchev–Trinajstić information content (AvgIpc) is 2.54. The van der Waals surface area contributed by atoms with Crippen LogP contribution in [0.25, 0.3) is 0 Å². The van der Waals surface area contributed by atoms with E-state index in [0.29, 0.717) is 0 Å². The number of nitrogens with zero attached hydrogens (tertiary/aromatic N) is 2. The Balaban J connectivity index is 2.37. The third kappa shape index (κ3) is 0.803.